The molecule has 1 aliphatic heterocycles. The first-order valence-corrected chi connectivity index (χ1v) is 7.31. The van der Waals surface area contributed by atoms with Crippen LogP contribution in [0.2, 0.25) is 5.02 Å². The van der Waals surface area contributed by atoms with Gasteiger partial charge in [0.2, 0.25) is 0 Å². The lowest BCUT2D eigenvalue weighted by Crippen LogP contribution is -2.40. The van der Waals surface area contributed by atoms with E-state index in [1.807, 2.05) is 0 Å². The van der Waals surface area contributed by atoms with Crippen molar-refractivity contribution in [2.75, 3.05) is 20.2 Å². The summed E-state index contributed by atoms with van der Waals surface area (Å²) in [6.07, 6.45) is 0.307. The van der Waals surface area contributed by atoms with Crippen LogP contribution in [0.3, 0.4) is 0 Å². The van der Waals surface area contributed by atoms with Gasteiger partial charge in [-0.15, -0.1) is 0 Å². The van der Waals surface area contributed by atoms with Gasteiger partial charge >= 0.3 is 5.97 Å². The first-order valence-electron chi connectivity index (χ1n) is 6.93. The third kappa shape index (κ3) is 4.15. The molecule has 21 heavy (non-hydrogen) atoms. The average Bonchev–Trinajstić information content (AvgIpc) is 2.49. The molecule has 1 saturated heterocycles. The molecule has 0 bridgehead atoms. The summed E-state index contributed by atoms with van der Waals surface area (Å²) in [6.45, 7) is 1.92. The maximum absolute atomic E-state index is 13.7. The number of hydrogen-bond donors (Lipinski definition) is 1. The van der Waals surface area contributed by atoms with Crippen LogP contribution in [0.25, 0.3) is 0 Å². The van der Waals surface area contributed by atoms with Gasteiger partial charge in [0.1, 0.15) is 5.82 Å². The third-order valence-corrected chi connectivity index (χ3v) is 4.17. The Balaban J connectivity index is 1.88. The number of nitrogens with zero attached hydrogens (tertiary/aromatic N) is 1. The molecule has 1 aromatic rings. The summed E-state index contributed by atoms with van der Waals surface area (Å²) < 4.78 is 18.3. The highest BCUT2D eigenvalue weighted by atomic mass is 35.5. The van der Waals surface area contributed by atoms with Gasteiger partial charge in [-0.1, -0.05) is 17.7 Å². The van der Waals surface area contributed by atoms with Crippen molar-refractivity contribution in [1.82, 2.24) is 4.90 Å². The molecule has 116 valence electrons. The summed E-state index contributed by atoms with van der Waals surface area (Å²) in [5.41, 5.74) is 0.603. The van der Waals surface area contributed by atoms with Crippen LogP contribution >= 0.6 is 11.6 Å². The second-order valence-corrected chi connectivity index (χ2v) is 5.75. The number of likely N-dealkylation sites (tertiary alicyclic amines) is 1. The van der Waals surface area contributed by atoms with E-state index in [4.69, 9.17) is 11.6 Å². The highest BCUT2D eigenvalue weighted by Gasteiger charge is 2.30. The second kappa shape index (κ2) is 7.20. The van der Waals surface area contributed by atoms with Gasteiger partial charge in [-0.25, -0.2) is 9.18 Å². The van der Waals surface area contributed by atoms with E-state index >= 15 is 0 Å². The number of benzene rings is 1. The lowest BCUT2D eigenvalue weighted by Gasteiger charge is -2.33. The van der Waals surface area contributed by atoms with Gasteiger partial charge in [0.15, 0.2) is 6.10 Å². The van der Waals surface area contributed by atoms with E-state index in [1.54, 1.807) is 12.1 Å². The number of ether oxygens (including phenoxy) is 1. The highest BCUT2D eigenvalue weighted by Crippen LogP contribution is 2.24. The SMILES string of the molecule is COC(=O)[C@@H](O)C1CCN(Cc2ccc(Cl)cc2F)CC1. The number of esters is 1. The van der Waals surface area contributed by atoms with Gasteiger partial charge in [-0.2, -0.15) is 0 Å². The average molecular weight is 316 g/mol. The number of carbonyl (C=O) groups is 1. The molecular formula is C15H19ClFNO3. The Hall–Kier alpha value is -1.17. The standard InChI is InChI=1S/C15H19ClFNO3/c1-21-15(20)14(19)10-4-6-18(7-5-10)9-11-2-3-12(16)8-13(11)17/h2-3,8,10,14,19H,4-7,9H2,1H3/t14-/m0/s1. The maximum Gasteiger partial charge on any atom is 0.334 e. The molecule has 0 radical (unpaired) electrons. The van der Waals surface area contributed by atoms with Crippen LogP contribution in [0.15, 0.2) is 18.2 Å². The van der Waals surface area contributed by atoms with E-state index in [-0.39, 0.29) is 11.7 Å². The molecule has 1 heterocycles. The Labute approximate surface area is 128 Å². The number of piperidine rings is 1. The van der Waals surface area contributed by atoms with Crippen molar-refractivity contribution >= 4 is 17.6 Å². The number of hydrogen-bond acceptors (Lipinski definition) is 4. The normalized spacial score (nSPS) is 18.5. The minimum atomic E-state index is -1.07. The van der Waals surface area contributed by atoms with Gasteiger partial charge in [0, 0.05) is 17.1 Å². The van der Waals surface area contributed by atoms with E-state index in [0.29, 0.717) is 43.1 Å². The molecule has 0 amide bonds. The fraction of sp³-hybridized carbons (Fsp3) is 0.533. The van der Waals surface area contributed by atoms with Gasteiger partial charge in [0.05, 0.1) is 7.11 Å². The number of aliphatic hydroxyl groups is 1. The number of methoxy groups -OCH3 is 1. The fourth-order valence-electron chi connectivity index (χ4n) is 2.63. The molecule has 1 aliphatic rings. The monoisotopic (exact) mass is 315 g/mol. The molecule has 1 aromatic carbocycles. The Morgan fingerprint density at radius 3 is 2.76 bits per heavy atom. The van der Waals surface area contributed by atoms with Crippen molar-refractivity contribution in [3.05, 3.63) is 34.6 Å². The number of carbonyl (C=O) groups excluding carboxylic acids is 1. The molecular weight excluding hydrogens is 297 g/mol. The van der Waals surface area contributed by atoms with Crippen molar-refractivity contribution in [1.29, 1.82) is 0 Å². The summed E-state index contributed by atoms with van der Waals surface area (Å²) in [6, 6.07) is 4.67. The molecule has 0 saturated carbocycles. The van der Waals surface area contributed by atoms with Gasteiger partial charge in [-0.05, 0) is 44.0 Å². The lowest BCUT2D eigenvalue weighted by molar-refractivity contribution is -0.154. The molecule has 1 atom stereocenters. The van der Waals surface area contributed by atoms with Crippen LogP contribution in [0.4, 0.5) is 4.39 Å². The van der Waals surface area contributed by atoms with Crippen molar-refractivity contribution in [2.24, 2.45) is 5.92 Å². The molecule has 0 aromatic heterocycles. The number of halogens is 2. The Morgan fingerprint density at radius 2 is 2.19 bits per heavy atom. The van der Waals surface area contributed by atoms with Crippen molar-refractivity contribution in [3.63, 3.8) is 0 Å². The van der Waals surface area contributed by atoms with E-state index in [0.717, 1.165) is 0 Å². The molecule has 6 heteroatoms. The second-order valence-electron chi connectivity index (χ2n) is 5.32. The largest absolute Gasteiger partial charge is 0.467 e. The molecule has 2 rings (SSSR count). The van der Waals surface area contributed by atoms with Crippen LogP contribution in [0.1, 0.15) is 18.4 Å². The molecule has 0 unspecified atom stereocenters. The Bertz CT molecular complexity index is 504. The first kappa shape index (κ1) is 16.2. The highest BCUT2D eigenvalue weighted by molar-refractivity contribution is 6.30. The Morgan fingerprint density at radius 1 is 1.52 bits per heavy atom. The van der Waals surface area contributed by atoms with Crippen molar-refractivity contribution < 1.29 is 19.0 Å². The first-order chi connectivity index (χ1) is 10.0. The zero-order chi connectivity index (χ0) is 15.4. The van der Waals surface area contributed by atoms with Crippen molar-refractivity contribution in [2.45, 2.75) is 25.5 Å². The van der Waals surface area contributed by atoms with Crippen LogP contribution in [0, 0.1) is 11.7 Å². The fourth-order valence-corrected chi connectivity index (χ4v) is 2.79. The Kier molecular flexibility index (Phi) is 5.56. The minimum Gasteiger partial charge on any atom is -0.467 e. The smallest absolute Gasteiger partial charge is 0.334 e. The molecule has 4 nitrogen and oxygen atoms in total. The lowest BCUT2D eigenvalue weighted by atomic mass is 9.91. The third-order valence-electron chi connectivity index (χ3n) is 3.93. The number of aliphatic hydroxyl groups excluding tert-OH is 1. The van der Waals surface area contributed by atoms with Crippen LogP contribution < -0.4 is 0 Å². The van der Waals surface area contributed by atoms with Crippen LogP contribution in [-0.2, 0) is 16.1 Å². The minimum absolute atomic E-state index is 0.0937. The maximum atomic E-state index is 13.7. The summed E-state index contributed by atoms with van der Waals surface area (Å²) >= 11 is 5.73. The quantitative estimate of drug-likeness (QED) is 0.866. The zero-order valence-corrected chi connectivity index (χ0v) is 12.6. The molecule has 1 fully saturated rings. The molecule has 0 aliphatic carbocycles. The van der Waals surface area contributed by atoms with E-state index in [1.165, 1.54) is 13.2 Å². The topological polar surface area (TPSA) is 49.8 Å². The van der Waals surface area contributed by atoms with E-state index in [9.17, 15) is 14.3 Å². The predicted octanol–water partition coefficient (Wildman–Crippen LogP) is 2.22. The summed E-state index contributed by atoms with van der Waals surface area (Å²) in [5.74, 6) is -0.986. The van der Waals surface area contributed by atoms with Gasteiger partial charge < -0.3 is 9.84 Å². The van der Waals surface area contributed by atoms with Gasteiger partial charge in [-0.3, -0.25) is 4.90 Å². The van der Waals surface area contributed by atoms with E-state index < -0.39 is 12.1 Å². The van der Waals surface area contributed by atoms with Crippen molar-refractivity contribution in [3.8, 4) is 0 Å². The summed E-state index contributed by atoms with van der Waals surface area (Å²) in [7, 11) is 1.27. The van der Waals surface area contributed by atoms with Gasteiger partial charge in [0.25, 0.3) is 0 Å². The predicted molar refractivity (Wildman–Crippen MR) is 77.4 cm³/mol. The summed E-state index contributed by atoms with van der Waals surface area (Å²) in [4.78, 5) is 13.4. The van der Waals surface area contributed by atoms with Crippen LogP contribution in [0.5, 0.6) is 0 Å². The number of rotatable bonds is 4. The summed E-state index contributed by atoms with van der Waals surface area (Å²) in [5, 5.41) is 10.2. The van der Waals surface area contributed by atoms with Crippen LogP contribution in [-0.4, -0.2) is 42.3 Å². The van der Waals surface area contributed by atoms with E-state index in [2.05, 4.69) is 9.64 Å². The molecule has 0 spiro atoms. The zero-order valence-electron chi connectivity index (χ0n) is 11.9. The molecule has 1 N–H and O–H groups in total.